The average molecular weight is 384 g/mol. The summed E-state index contributed by atoms with van der Waals surface area (Å²) in [6.45, 7) is 0. The number of fused-ring (bicyclic) bond motifs is 2. The number of nitrogens with one attached hydrogen (secondary N) is 1. The van der Waals surface area contributed by atoms with Crippen LogP contribution in [-0.4, -0.2) is 16.6 Å². The summed E-state index contributed by atoms with van der Waals surface area (Å²) < 4.78 is 26.7. The first-order chi connectivity index (χ1) is 13.1. The molecule has 0 aliphatic heterocycles. The number of amides is 1. The van der Waals surface area contributed by atoms with Crippen LogP contribution in [0, 0.1) is 11.6 Å². The largest absolute Gasteiger partial charge is 0.323 e. The molecule has 138 valence electrons. The number of hydrogen-bond acceptors (Lipinski definition) is 3. The van der Waals surface area contributed by atoms with E-state index in [2.05, 4.69) is 5.32 Å². The molecule has 0 spiro atoms. The van der Waals surface area contributed by atoms with Crippen molar-refractivity contribution >= 4 is 34.3 Å². The number of hydrogen-bond donors (Lipinski definition) is 1. The van der Waals surface area contributed by atoms with E-state index in [0.29, 0.717) is 0 Å². The van der Waals surface area contributed by atoms with Crippen molar-refractivity contribution in [3.63, 3.8) is 0 Å². The smallest absolute Gasteiger partial charge is 0.234 e. The van der Waals surface area contributed by atoms with Gasteiger partial charge in [0.15, 0.2) is 0 Å². The van der Waals surface area contributed by atoms with Crippen molar-refractivity contribution in [2.45, 2.75) is 30.6 Å². The molecule has 0 saturated carbocycles. The van der Waals surface area contributed by atoms with Crippen molar-refractivity contribution in [2.75, 3.05) is 11.1 Å². The van der Waals surface area contributed by atoms with Gasteiger partial charge in [-0.3, -0.25) is 9.78 Å². The fourth-order valence-corrected chi connectivity index (χ4v) is 4.48. The van der Waals surface area contributed by atoms with Crippen molar-refractivity contribution in [3.05, 3.63) is 65.4 Å². The minimum Gasteiger partial charge on any atom is -0.323 e. The first-order valence-corrected chi connectivity index (χ1v) is 9.88. The van der Waals surface area contributed by atoms with Crippen LogP contribution in [0.4, 0.5) is 14.5 Å². The van der Waals surface area contributed by atoms with Crippen molar-refractivity contribution in [1.82, 2.24) is 4.98 Å². The molecule has 1 N–H and O–H groups in total. The molecule has 27 heavy (non-hydrogen) atoms. The standard InChI is InChI=1S/C21H18F2N2OS/c22-13-9-10-19(16(23)11-13)25-20(26)12-27-21-14-5-1-3-7-17(14)24-18-8-4-2-6-15(18)21/h1,3,5,7,9-11H,2,4,6,8,12H2,(H,25,26). The molecule has 0 saturated heterocycles. The third-order valence-electron chi connectivity index (χ3n) is 4.67. The Balaban J connectivity index is 1.57. The van der Waals surface area contributed by atoms with Crippen molar-refractivity contribution < 1.29 is 13.6 Å². The summed E-state index contributed by atoms with van der Waals surface area (Å²) in [5, 5.41) is 3.56. The Kier molecular flexibility index (Phi) is 5.07. The fourth-order valence-electron chi connectivity index (χ4n) is 3.41. The van der Waals surface area contributed by atoms with Gasteiger partial charge in [-0.25, -0.2) is 8.78 Å². The van der Waals surface area contributed by atoms with Gasteiger partial charge in [-0.05, 0) is 49.4 Å². The lowest BCUT2D eigenvalue weighted by Crippen LogP contribution is -2.16. The first kappa shape index (κ1) is 17.9. The van der Waals surface area contributed by atoms with E-state index in [9.17, 15) is 13.6 Å². The number of nitrogens with zero attached hydrogens (tertiary/aromatic N) is 1. The summed E-state index contributed by atoms with van der Waals surface area (Å²) in [6, 6.07) is 11.1. The van der Waals surface area contributed by atoms with E-state index < -0.39 is 11.6 Å². The number of aromatic nitrogens is 1. The molecular weight excluding hydrogens is 366 g/mol. The zero-order chi connectivity index (χ0) is 18.8. The quantitative estimate of drug-likeness (QED) is 0.635. The van der Waals surface area contributed by atoms with E-state index in [1.807, 2.05) is 24.3 Å². The summed E-state index contributed by atoms with van der Waals surface area (Å²) in [5.74, 6) is -1.62. The Morgan fingerprint density at radius 1 is 1.11 bits per heavy atom. The molecule has 0 fully saturated rings. The Bertz CT molecular complexity index is 1020. The van der Waals surface area contributed by atoms with Gasteiger partial charge < -0.3 is 5.32 Å². The van der Waals surface area contributed by atoms with Gasteiger partial charge in [0.25, 0.3) is 0 Å². The number of halogens is 2. The Morgan fingerprint density at radius 2 is 1.93 bits per heavy atom. The predicted molar refractivity (Wildman–Crippen MR) is 104 cm³/mol. The zero-order valence-electron chi connectivity index (χ0n) is 14.6. The van der Waals surface area contributed by atoms with Crippen LogP contribution in [0.5, 0.6) is 0 Å². The third kappa shape index (κ3) is 3.81. The molecule has 3 nitrogen and oxygen atoms in total. The van der Waals surface area contributed by atoms with Crippen LogP contribution in [0.2, 0.25) is 0 Å². The monoisotopic (exact) mass is 384 g/mol. The molecule has 1 aromatic heterocycles. The highest BCUT2D eigenvalue weighted by atomic mass is 32.2. The summed E-state index contributed by atoms with van der Waals surface area (Å²) >= 11 is 1.45. The van der Waals surface area contributed by atoms with Crippen molar-refractivity contribution in [3.8, 4) is 0 Å². The average Bonchev–Trinajstić information content (AvgIpc) is 2.67. The zero-order valence-corrected chi connectivity index (χ0v) is 15.4. The van der Waals surface area contributed by atoms with Gasteiger partial charge in [-0.2, -0.15) is 0 Å². The molecule has 2 aromatic carbocycles. The van der Waals surface area contributed by atoms with Crippen LogP contribution >= 0.6 is 11.8 Å². The molecule has 0 atom stereocenters. The lowest BCUT2D eigenvalue weighted by Gasteiger charge is -2.20. The lowest BCUT2D eigenvalue weighted by atomic mass is 9.94. The van der Waals surface area contributed by atoms with E-state index in [1.165, 1.54) is 23.4 Å². The highest BCUT2D eigenvalue weighted by Crippen LogP contribution is 2.36. The topological polar surface area (TPSA) is 42.0 Å². The van der Waals surface area contributed by atoms with E-state index >= 15 is 0 Å². The number of aryl methyl sites for hydroxylation is 1. The van der Waals surface area contributed by atoms with Crippen LogP contribution in [0.1, 0.15) is 24.1 Å². The molecule has 1 aliphatic rings. The number of carbonyl (C=O) groups is 1. The Labute approximate surface area is 160 Å². The summed E-state index contributed by atoms with van der Waals surface area (Å²) in [4.78, 5) is 18.2. The Hall–Kier alpha value is -2.47. The van der Waals surface area contributed by atoms with Crippen LogP contribution in [-0.2, 0) is 17.6 Å². The van der Waals surface area contributed by atoms with Crippen LogP contribution in [0.15, 0.2) is 47.4 Å². The molecule has 3 aromatic rings. The predicted octanol–water partition coefficient (Wildman–Crippen LogP) is 5.12. The van der Waals surface area contributed by atoms with Gasteiger partial charge in [0, 0.05) is 22.0 Å². The second-order valence-electron chi connectivity index (χ2n) is 6.55. The van der Waals surface area contributed by atoms with Gasteiger partial charge in [-0.1, -0.05) is 18.2 Å². The second kappa shape index (κ2) is 7.64. The third-order valence-corrected chi connectivity index (χ3v) is 5.83. The van der Waals surface area contributed by atoms with E-state index in [1.54, 1.807) is 0 Å². The highest BCUT2D eigenvalue weighted by molar-refractivity contribution is 8.00. The molecule has 0 bridgehead atoms. The summed E-state index contributed by atoms with van der Waals surface area (Å²) in [6.07, 6.45) is 4.17. The molecule has 1 heterocycles. The van der Waals surface area contributed by atoms with Gasteiger partial charge in [0.2, 0.25) is 5.91 Å². The summed E-state index contributed by atoms with van der Waals surface area (Å²) in [7, 11) is 0. The first-order valence-electron chi connectivity index (χ1n) is 8.90. The maximum atomic E-state index is 13.7. The maximum absolute atomic E-state index is 13.7. The number of carbonyl (C=O) groups excluding carboxylic acids is 1. The molecule has 6 heteroatoms. The highest BCUT2D eigenvalue weighted by Gasteiger charge is 2.19. The normalized spacial score (nSPS) is 13.4. The number of benzene rings is 2. The van der Waals surface area contributed by atoms with Crippen LogP contribution in [0.3, 0.4) is 0 Å². The van der Waals surface area contributed by atoms with Gasteiger partial charge in [-0.15, -0.1) is 11.8 Å². The Morgan fingerprint density at radius 3 is 2.78 bits per heavy atom. The SMILES string of the molecule is O=C(CSc1c2c(nc3ccccc13)CCCC2)Nc1ccc(F)cc1F. The minimum atomic E-state index is -0.778. The molecular formula is C21H18F2N2OS. The minimum absolute atomic E-state index is 0.0105. The maximum Gasteiger partial charge on any atom is 0.234 e. The molecule has 0 unspecified atom stereocenters. The number of anilines is 1. The number of pyridine rings is 1. The second-order valence-corrected chi connectivity index (χ2v) is 7.54. The number of para-hydroxylation sites is 1. The lowest BCUT2D eigenvalue weighted by molar-refractivity contribution is -0.113. The molecule has 4 rings (SSSR count). The number of rotatable bonds is 4. The van der Waals surface area contributed by atoms with Gasteiger partial charge in [0.05, 0.1) is 17.0 Å². The van der Waals surface area contributed by atoms with E-state index in [-0.39, 0.29) is 17.3 Å². The molecule has 0 radical (unpaired) electrons. The van der Waals surface area contributed by atoms with Gasteiger partial charge in [0.1, 0.15) is 11.6 Å². The number of thioether (sulfide) groups is 1. The van der Waals surface area contributed by atoms with E-state index in [0.717, 1.165) is 59.3 Å². The van der Waals surface area contributed by atoms with E-state index in [4.69, 9.17) is 4.98 Å². The molecule has 1 aliphatic carbocycles. The molecule has 1 amide bonds. The van der Waals surface area contributed by atoms with Crippen molar-refractivity contribution in [1.29, 1.82) is 0 Å². The fraction of sp³-hybridized carbons (Fsp3) is 0.238. The van der Waals surface area contributed by atoms with Crippen molar-refractivity contribution in [2.24, 2.45) is 0 Å². The van der Waals surface area contributed by atoms with Gasteiger partial charge >= 0.3 is 0 Å². The van der Waals surface area contributed by atoms with Crippen LogP contribution in [0.25, 0.3) is 10.9 Å². The summed E-state index contributed by atoms with van der Waals surface area (Å²) in [5.41, 5.74) is 3.27. The van der Waals surface area contributed by atoms with Crippen LogP contribution < -0.4 is 5.32 Å².